The highest BCUT2D eigenvalue weighted by molar-refractivity contribution is 5.85. The number of hydrogen-bond donors (Lipinski definition) is 2. The molecular weight excluding hydrogens is 378 g/mol. The molecular formula is C23H35N5O2. The molecule has 7 heteroatoms. The maximum Gasteiger partial charge on any atom is 0.240 e. The summed E-state index contributed by atoms with van der Waals surface area (Å²) in [5.74, 6) is -0.0999. The van der Waals surface area contributed by atoms with Crippen LogP contribution < -0.4 is 11.1 Å². The first-order valence-electron chi connectivity index (χ1n) is 10.4. The molecule has 164 valence electrons. The van der Waals surface area contributed by atoms with Gasteiger partial charge in [0.15, 0.2) is 0 Å². The van der Waals surface area contributed by atoms with Crippen molar-refractivity contribution in [2.75, 3.05) is 13.6 Å². The Morgan fingerprint density at radius 1 is 1.30 bits per heavy atom. The zero-order valence-electron chi connectivity index (χ0n) is 18.8. The van der Waals surface area contributed by atoms with Crippen molar-refractivity contribution in [3.8, 4) is 11.3 Å². The number of benzene rings is 1. The highest BCUT2D eigenvalue weighted by atomic mass is 16.2. The number of nitrogens with two attached hydrogens (primary N) is 1. The number of nitrogens with one attached hydrogen (secondary N) is 1. The van der Waals surface area contributed by atoms with Gasteiger partial charge >= 0.3 is 0 Å². The van der Waals surface area contributed by atoms with Crippen LogP contribution in [-0.4, -0.2) is 52.5 Å². The number of likely N-dealkylation sites (tertiary alicyclic amines) is 1. The molecule has 1 aliphatic heterocycles. The summed E-state index contributed by atoms with van der Waals surface area (Å²) in [5.41, 5.74) is 9.27. The Hall–Kier alpha value is -2.51. The molecule has 0 aliphatic carbocycles. The van der Waals surface area contributed by atoms with Crippen LogP contribution >= 0.6 is 0 Å². The molecule has 2 aromatic rings. The number of aldehydes is 1. The molecule has 1 amide bonds. The van der Waals surface area contributed by atoms with Gasteiger partial charge in [-0.1, -0.05) is 45.0 Å². The fourth-order valence-electron chi connectivity index (χ4n) is 3.41. The summed E-state index contributed by atoms with van der Waals surface area (Å²) >= 11 is 0. The number of aromatic nitrogens is 2. The minimum Gasteiger partial charge on any atom is -0.332 e. The third kappa shape index (κ3) is 6.00. The van der Waals surface area contributed by atoms with Crippen molar-refractivity contribution in [2.45, 2.75) is 52.2 Å². The molecule has 1 aromatic heterocycles. The topological polar surface area (TPSA) is 93.2 Å². The molecule has 0 bridgehead atoms. The smallest absolute Gasteiger partial charge is 0.240 e. The van der Waals surface area contributed by atoms with Gasteiger partial charge in [0.2, 0.25) is 5.91 Å². The first-order chi connectivity index (χ1) is 14.2. The summed E-state index contributed by atoms with van der Waals surface area (Å²) in [5, 5.41) is 7.29. The van der Waals surface area contributed by atoms with Crippen molar-refractivity contribution in [3.05, 3.63) is 42.1 Å². The second-order valence-corrected chi connectivity index (χ2v) is 8.79. The molecule has 0 radical (unpaired) electrons. The summed E-state index contributed by atoms with van der Waals surface area (Å²) < 4.78 is 1.88. The summed E-state index contributed by atoms with van der Waals surface area (Å²) in [7, 11) is 3.91. The van der Waals surface area contributed by atoms with Crippen LogP contribution in [0.3, 0.4) is 0 Å². The number of amides is 1. The van der Waals surface area contributed by atoms with E-state index in [2.05, 4.69) is 34.7 Å². The van der Waals surface area contributed by atoms with Crippen molar-refractivity contribution >= 4 is 12.2 Å². The summed E-state index contributed by atoms with van der Waals surface area (Å²) in [6, 6.07) is 9.77. The van der Waals surface area contributed by atoms with Crippen LogP contribution in [0, 0.1) is 5.41 Å². The SMILES string of the molecule is CC(C)(C)C(N)C(=O)N1CCCC1C=O.CNCc1ccc(-c2ccnn2C)cc1. The predicted octanol–water partition coefficient (Wildman–Crippen LogP) is 2.36. The summed E-state index contributed by atoms with van der Waals surface area (Å²) in [6.45, 7) is 7.36. The molecule has 3 N–H and O–H groups in total. The Balaban J connectivity index is 0.000000214. The first-order valence-corrected chi connectivity index (χ1v) is 10.4. The van der Waals surface area contributed by atoms with Crippen molar-refractivity contribution in [1.29, 1.82) is 0 Å². The average molecular weight is 414 g/mol. The Morgan fingerprint density at radius 2 is 1.97 bits per heavy atom. The molecule has 2 atom stereocenters. The standard InChI is InChI=1S/C12H15N3.C11H20N2O2/c1-13-9-10-3-5-11(6-4-10)12-7-8-14-15(12)2;1-11(2,3)9(12)10(15)13-6-4-5-8(13)7-14/h3-8,13H,9H2,1-2H3;7-9H,4-6,12H2,1-3H3. The van der Waals surface area contributed by atoms with E-state index in [9.17, 15) is 9.59 Å². The van der Waals surface area contributed by atoms with E-state index in [0.29, 0.717) is 6.54 Å². The number of rotatable bonds is 5. The second-order valence-electron chi connectivity index (χ2n) is 8.79. The molecule has 7 nitrogen and oxygen atoms in total. The lowest BCUT2D eigenvalue weighted by atomic mass is 9.86. The van der Waals surface area contributed by atoms with Crippen molar-refractivity contribution in [1.82, 2.24) is 20.0 Å². The quantitative estimate of drug-likeness (QED) is 0.734. The number of aryl methyl sites for hydroxylation is 1. The van der Waals surface area contributed by atoms with Crippen LogP contribution in [0.15, 0.2) is 36.5 Å². The molecule has 0 saturated carbocycles. The van der Waals surface area contributed by atoms with Gasteiger partial charge in [0.05, 0.1) is 17.8 Å². The van der Waals surface area contributed by atoms with Gasteiger partial charge in [-0.05, 0) is 42.5 Å². The molecule has 2 heterocycles. The van der Waals surface area contributed by atoms with Crippen LogP contribution in [-0.2, 0) is 23.2 Å². The molecule has 1 fully saturated rings. The lowest BCUT2D eigenvalue weighted by Gasteiger charge is -2.31. The van der Waals surface area contributed by atoms with E-state index < -0.39 is 6.04 Å². The van der Waals surface area contributed by atoms with Gasteiger partial charge in [0.25, 0.3) is 0 Å². The largest absolute Gasteiger partial charge is 0.332 e. The number of hydrogen-bond acceptors (Lipinski definition) is 5. The Bertz CT molecular complexity index is 823. The van der Waals surface area contributed by atoms with E-state index in [0.717, 1.165) is 31.4 Å². The van der Waals surface area contributed by atoms with Gasteiger partial charge in [0, 0.05) is 26.3 Å². The van der Waals surface area contributed by atoms with E-state index in [1.165, 1.54) is 11.1 Å². The molecule has 1 saturated heterocycles. The minimum atomic E-state index is -0.530. The normalized spacial score (nSPS) is 17.3. The summed E-state index contributed by atoms with van der Waals surface area (Å²) in [6.07, 6.45) is 4.33. The van der Waals surface area contributed by atoms with Gasteiger partial charge in [0.1, 0.15) is 6.29 Å². The predicted molar refractivity (Wildman–Crippen MR) is 120 cm³/mol. The van der Waals surface area contributed by atoms with Crippen molar-refractivity contribution in [2.24, 2.45) is 18.2 Å². The lowest BCUT2D eigenvalue weighted by molar-refractivity contribution is -0.137. The lowest BCUT2D eigenvalue weighted by Crippen LogP contribution is -2.52. The Kier molecular flexibility index (Phi) is 8.32. The van der Waals surface area contributed by atoms with Crippen LogP contribution in [0.25, 0.3) is 11.3 Å². The maximum absolute atomic E-state index is 12.0. The highest BCUT2D eigenvalue weighted by Gasteiger charge is 2.36. The molecule has 1 aromatic carbocycles. The molecule has 3 rings (SSSR count). The Labute approximate surface area is 179 Å². The van der Waals surface area contributed by atoms with Crippen LogP contribution in [0.2, 0.25) is 0 Å². The maximum atomic E-state index is 12.0. The van der Waals surface area contributed by atoms with E-state index in [4.69, 9.17) is 5.73 Å². The van der Waals surface area contributed by atoms with Crippen molar-refractivity contribution in [3.63, 3.8) is 0 Å². The molecule has 1 aliphatic rings. The molecule has 2 unspecified atom stereocenters. The van der Waals surface area contributed by atoms with Crippen LogP contribution in [0.1, 0.15) is 39.2 Å². The van der Waals surface area contributed by atoms with Gasteiger partial charge in [-0.3, -0.25) is 9.48 Å². The highest BCUT2D eigenvalue weighted by Crippen LogP contribution is 2.23. The summed E-state index contributed by atoms with van der Waals surface area (Å²) in [4.78, 5) is 24.4. The first kappa shape index (κ1) is 23.8. The number of carbonyl (C=O) groups is 2. The third-order valence-electron chi connectivity index (χ3n) is 5.39. The van der Waals surface area contributed by atoms with E-state index in [1.807, 2.05) is 51.8 Å². The van der Waals surface area contributed by atoms with E-state index in [1.54, 1.807) is 4.90 Å². The monoisotopic (exact) mass is 413 g/mol. The second kappa shape index (κ2) is 10.5. The van der Waals surface area contributed by atoms with Gasteiger partial charge in [-0.15, -0.1) is 0 Å². The van der Waals surface area contributed by atoms with E-state index >= 15 is 0 Å². The fraction of sp³-hybridized carbons (Fsp3) is 0.522. The molecule has 0 spiro atoms. The Morgan fingerprint density at radius 3 is 2.47 bits per heavy atom. The van der Waals surface area contributed by atoms with E-state index in [-0.39, 0.29) is 17.4 Å². The zero-order valence-corrected chi connectivity index (χ0v) is 18.8. The molecule has 30 heavy (non-hydrogen) atoms. The average Bonchev–Trinajstić information content (AvgIpc) is 3.36. The third-order valence-corrected chi connectivity index (χ3v) is 5.39. The number of nitrogens with zero attached hydrogens (tertiary/aromatic N) is 3. The van der Waals surface area contributed by atoms with Crippen LogP contribution in [0.5, 0.6) is 0 Å². The minimum absolute atomic E-state index is 0.0999. The fourth-order valence-corrected chi connectivity index (χ4v) is 3.41. The van der Waals surface area contributed by atoms with Gasteiger partial charge in [-0.25, -0.2) is 0 Å². The van der Waals surface area contributed by atoms with Gasteiger partial charge < -0.3 is 20.7 Å². The zero-order chi connectivity index (χ0) is 22.3. The van der Waals surface area contributed by atoms with Crippen molar-refractivity contribution < 1.29 is 9.59 Å². The van der Waals surface area contributed by atoms with Crippen LogP contribution in [0.4, 0.5) is 0 Å². The number of carbonyl (C=O) groups excluding carboxylic acids is 2. The van der Waals surface area contributed by atoms with Gasteiger partial charge in [-0.2, -0.15) is 5.10 Å².